The summed E-state index contributed by atoms with van der Waals surface area (Å²) in [5, 5.41) is 3.49. The highest BCUT2D eigenvalue weighted by atomic mass is 14.9. The van der Waals surface area contributed by atoms with Crippen molar-refractivity contribution in [1.29, 1.82) is 0 Å². The van der Waals surface area contributed by atoms with Crippen LogP contribution in [0.4, 0.5) is 0 Å². The second kappa shape index (κ2) is 5.81. The molecule has 0 amide bonds. The van der Waals surface area contributed by atoms with Crippen molar-refractivity contribution >= 4 is 0 Å². The van der Waals surface area contributed by atoms with E-state index in [1.54, 1.807) is 12.4 Å². The van der Waals surface area contributed by atoms with Crippen LogP contribution in [-0.4, -0.2) is 22.6 Å². The molecule has 3 heteroatoms. The van der Waals surface area contributed by atoms with Gasteiger partial charge in [-0.05, 0) is 19.4 Å². The fraction of sp³-hybridized carbons (Fsp3) is 0.667. The lowest BCUT2D eigenvalue weighted by atomic mass is 9.98. The van der Waals surface area contributed by atoms with Gasteiger partial charge in [0.25, 0.3) is 0 Å². The molecule has 1 aromatic rings. The number of rotatable bonds is 5. The number of hydrogen-bond donors (Lipinski definition) is 1. The van der Waals surface area contributed by atoms with Crippen LogP contribution in [0.15, 0.2) is 12.4 Å². The minimum Gasteiger partial charge on any atom is -0.314 e. The summed E-state index contributed by atoms with van der Waals surface area (Å²) in [7, 11) is 0. The molecule has 1 heterocycles. The molecule has 0 aliphatic carbocycles. The Morgan fingerprint density at radius 1 is 1.27 bits per heavy atom. The van der Waals surface area contributed by atoms with Gasteiger partial charge in [-0.3, -0.25) is 9.97 Å². The number of aryl methyl sites for hydroxylation is 1. The van der Waals surface area contributed by atoms with E-state index in [1.807, 2.05) is 6.92 Å². The molecule has 0 aliphatic rings. The highest BCUT2D eigenvalue weighted by Gasteiger charge is 2.14. The largest absolute Gasteiger partial charge is 0.314 e. The Bertz CT molecular complexity index is 297. The molecule has 0 bridgehead atoms. The molecule has 1 N–H and O–H groups in total. The maximum Gasteiger partial charge on any atom is 0.0631 e. The number of nitrogens with one attached hydrogen (secondary N) is 1. The topological polar surface area (TPSA) is 37.8 Å². The van der Waals surface area contributed by atoms with Gasteiger partial charge < -0.3 is 5.32 Å². The second-order valence-electron chi connectivity index (χ2n) is 4.20. The second-order valence-corrected chi connectivity index (χ2v) is 4.20. The smallest absolute Gasteiger partial charge is 0.0631 e. The molecule has 0 saturated carbocycles. The lowest BCUT2D eigenvalue weighted by molar-refractivity contribution is 0.401. The zero-order chi connectivity index (χ0) is 11.3. The predicted molar refractivity (Wildman–Crippen MR) is 62.8 cm³/mol. The van der Waals surface area contributed by atoms with E-state index in [0.717, 1.165) is 24.4 Å². The zero-order valence-corrected chi connectivity index (χ0v) is 10.1. The molecule has 0 aliphatic heterocycles. The Hall–Kier alpha value is -0.960. The molecule has 1 rings (SSSR count). The highest BCUT2D eigenvalue weighted by Crippen LogP contribution is 2.10. The molecular formula is C12H21N3. The van der Waals surface area contributed by atoms with Crippen molar-refractivity contribution in [1.82, 2.24) is 15.3 Å². The van der Waals surface area contributed by atoms with Gasteiger partial charge in [-0.2, -0.15) is 0 Å². The zero-order valence-electron chi connectivity index (χ0n) is 10.1. The number of nitrogens with zero attached hydrogens (tertiary/aromatic N) is 2. The fourth-order valence-electron chi connectivity index (χ4n) is 1.65. The van der Waals surface area contributed by atoms with Crippen LogP contribution < -0.4 is 5.32 Å². The van der Waals surface area contributed by atoms with E-state index in [-0.39, 0.29) is 0 Å². The number of likely N-dealkylation sites (N-methyl/N-ethyl adjacent to an activating group) is 1. The van der Waals surface area contributed by atoms with Crippen molar-refractivity contribution in [3.05, 3.63) is 23.8 Å². The molecule has 84 valence electrons. The minimum atomic E-state index is 0.491. The third kappa shape index (κ3) is 3.59. The third-order valence-corrected chi connectivity index (χ3v) is 2.67. The van der Waals surface area contributed by atoms with Gasteiger partial charge >= 0.3 is 0 Å². The van der Waals surface area contributed by atoms with E-state index in [9.17, 15) is 0 Å². The lowest BCUT2D eigenvalue weighted by Crippen LogP contribution is -2.36. The van der Waals surface area contributed by atoms with Gasteiger partial charge in [0.15, 0.2) is 0 Å². The average Bonchev–Trinajstić information content (AvgIpc) is 2.20. The Morgan fingerprint density at radius 2 is 1.93 bits per heavy atom. The molecule has 0 spiro atoms. The molecular weight excluding hydrogens is 186 g/mol. The Labute approximate surface area is 92.3 Å². The molecule has 0 saturated heterocycles. The van der Waals surface area contributed by atoms with Gasteiger partial charge in [-0.15, -0.1) is 0 Å². The van der Waals surface area contributed by atoms with Crippen LogP contribution in [0.5, 0.6) is 0 Å². The van der Waals surface area contributed by atoms with Crippen molar-refractivity contribution in [2.75, 3.05) is 6.54 Å². The van der Waals surface area contributed by atoms with Gasteiger partial charge in [0, 0.05) is 24.9 Å². The van der Waals surface area contributed by atoms with E-state index in [1.165, 1.54) is 0 Å². The van der Waals surface area contributed by atoms with E-state index >= 15 is 0 Å². The maximum absolute atomic E-state index is 4.38. The van der Waals surface area contributed by atoms with Crippen LogP contribution in [0, 0.1) is 12.8 Å². The highest BCUT2D eigenvalue weighted by molar-refractivity contribution is 5.10. The van der Waals surface area contributed by atoms with E-state index in [0.29, 0.717) is 12.0 Å². The van der Waals surface area contributed by atoms with Crippen molar-refractivity contribution in [2.24, 2.45) is 5.92 Å². The molecule has 1 atom stereocenters. The molecule has 15 heavy (non-hydrogen) atoms. The van der Waals surface area contributed by atoms with Crippen molar-refractivity contribution in [3.8, 4) is 0 Å². The summed E-state index contributed by atoms with van der Waals surface area (Å²) in [5.41, 5.74) is 2.15. The molecule has 1 unspecified atom stereocenters. The van der Waals surface area contributed by atoms with Crippen LogP contribution >= 0.6 is 0 Å². The molecule has 0 aromatic carbocycles. The van der Waals surface area contributed by atoms with Crippen LogP contribution in [0.2, 0.25) is 0 Å². The SMILES string of the molecule is CCNC(Cc1nccnc1C)C(C)C. The van der Waals surface area contributed by atoms with Crippen molar-refractivity contribution in [3.63, 3.8) is 0 Å². The van der Waals surface area contributed by atoms with Gasteiger partial charge in [0.1, 0.15) is 0 Å². The third-order valence-electron chi connectivity index (χ3n) is 2.67. The van der Waals surface area contributed by atoms with E-state index in [2.05, 4.69) is 36.1 Å². The summed E-state index contributed by atoms with van der Waals surface area (Å²) in [6, 6.07) is 0.491. The summed E-state index contributed by atoms with van der Waals surface area (Å²) < 4.78 is 0. The Morgan fingerprint density at radius 3 is 2.47 bits per heavy atom. The van der Waals surface area contributed by atoms with Crippen molar-refractivity contribution < 1.29 is 0 Å². The summed E-state index contributed by atoms with van der Waals surface area (Å²) in [5.74, 6) is 0.617. The van der Waals surface area contributed by atoms with Crippen molar-refractivity contribution in [2.45, 2.75) is 40.2 Å². The lowest BCUT2D eigenvalue weighted by Gasteiger charge is -2.21. The Balaban J connectivity index is 2.69. The van der Waals surface area contributed by atoms with Crippen LogP contribution in [0.1, 0.15) is 32.2 Å². The average molecular weight is 207 g/mol. The first-order chi connectivity index (χ1) is 7.15. The van der Waals surface area contributed by atoms with Gasteiger partial charge in [-0.25, -0.2) is 0 Å². The molecule has 3 nitrogen and oxygen atoms in total. The monoisotopic (exact) mass is 207 g/mol. The maximum atomic E-state index is 4.38. The minimum absolute atomic E-state index is 0.491. The first kappa shape index (κ1) is 12.1. The van der Waals surface area contributed by atoms with Crippen LogP contribution in [-0.2, 0) is 6.42 Å². The van der Waals surface area contributed by atoms with E-state index in [4.69, 9.17) is 0 Å². The number of hydrogen-bond acceptors (Lipinski definition) is 3. The first-order valence-electron chi connectivity index (χ1n) is 5.65. The first-order valence-corrected chi connectivity index (χ1v) is 5.65. The standard InChI is InChI=1S/C12H21N3/c1-5-13-11(9(2)3)8-12-10(4)14-6-7-15-12/h6-7,9,11,13H,5,8H2,1-4H3. The van der Waals surface area contributed by atoms with Gasteiger partial charge in [-0.1, -0.05) is 20.8 Å². The summed E-state index contributed by atoms with van der Waals surface area (Å²) in [4.78, 5) is 8.64. The van der Waals surface area contributed by atoms with Gasteiger partial charge in [0.2, 0.25) is 0 Å². The van der Waals surface area contributed by atoms with Gasteiger partial charge in [0.05, 0.1) is 11.4 Å². The summed E-state index contributed by atoms with van der Waals surface area (Å²) >= 11 is 0. The Kier molecular flexibility index (Phi) is 4.69. The summed E-state index contributed by atoms with van der Waals surface area (Å²) in [6.45, 7) is 9.63. The van der Waals surface area contributed by atoms with Crippen LogP contribution in [0.3, 0.4) is 0 Å². The summed E-state index contributed by atoms with van der Waals surface area (Å²) in [6.07, 6.45) is 4.48. The van der Waals surface area contributed by atoms with Crippen LogP contribution in [0.25, 0.3) is 0 Å². The molecule has 0 fully saturated rings. The number of aromatic nitrogens is 2. The fourth-order valence-corrected chi connectivity index (χ4v) is 1.65. The van der Waals surface area contributed by atoms with E-state index < -0.39 is 0 Å². The molecule has 0 radical (unpaired) electrons. The quantitative estimate of drug-likeness (QED) is 0.802. The normalized spacial score (nSPS) is 13.1. The predicted octanol–water partition coefficient (Wildman–Crippen LogP) is 1.96. The molecule has 1 aromatic heterocycles.